The zero-order valence-electron chi connectivity index (χ0n) is 18.9. The van der Waals surface area contributed by atoms with Crippen LogP contribution in [0, 0.1) is 19.3 Å². The molecule has 0 radical (unpaired) electrons. The largest absolute Gasteiger partial charge is 0.465 e. The fourth-order valence-electron chi connectivity index (χ4n) is 4.36. The van der Waals surface area contributed by atoms with Crippen molar-refractivity contribution in [3.05, 3.63) is 17.5 Å². The zero-order valence-corrected chi connectivity index (χ0v) is 18.9. The first-order valence-corrected chi connectivity index (χ1v) is 11.1. The first-order valence-electron chi connectivity index (χ1n) is 11.1. The van der Waals surface area contributed by atoms with Gasteiger partial charge in [-0.1, -0.05) is 0 Å². The van der Waals surface area contributed by atoms with Crippen LogP contribution in [0.15, 0.2) is 6.07 Å². The van der Waals surface area contributed by atoms with Gasteiger partial charge in [0.1, 0.15) is 0 Å². The standard InChI is InChI=1S/C22H34N4O5/c1-17-14-18(2)26(23-17)7-4-20(28)24-8-5-22(6-9-24,16-31-19(3)27)15-21(29)25-10-12-30-13-11-25/h14H,4-13,15-16H2,1-3H3. The van der Waals surface area contributed by atoms with Gasteiger partial charge in [-0.05, 0) is 32.8 Å². The van der Waals surface area contributed by atoms with E-state index in [1.54, 1.807) is 0 Å². The number of rotatable bonds is 7. The van der Waals surface area contributed by atoms with E-state index < -0.39 is 5.41 Å². The Hall–Kier alpha value is -2.42. The van der Waals surface area contributed by atoms with Crippen LogP contribution in [0.3, 0.4) is 0 Å². The molecule has 31 heavy (non-hydrogen) atoms. The second-order valence-corrected chi connectivity index (χ2v) is 8.73. The fraction of sp³-hybridized carbons (Fsp3) is 0.727. The van der Waals surface area contributed by atoms with Gasteiger partial charge >= 0.3 is 5.97 Å². The van der Waals surface area contributed by atoms with Gasteiger partial charge in [-0.3, -0.25) is 19.1 Å². The van der Waals surface area contributed by atoms with Gasteiger partial charge in [-0.15, -0.1) is 0 Å². The Balaban J connectivity index is 1.56. The molecular weight excluding hydrogens is 400 g/mol. The number of aryl methyl sites for hydroxylation is 3. The molecule has 2 aliphatic heterocycles. The maximum atomic E-state index is 12.9. The number of nitrogens with zero attached hydrogens (tertiary/aromatic N) is 4. The van der Waals surface area contributed by atoms with Crippen LogP contribution in [0.5, 0.6) is 0 Å². The molecular formula is C22H34N4O5. The first-order chi connectivity index (χ1) is 14.8. The number of carbonyl (C=O) groups is 3. The molecule has 0 saturated carbocycles. The first kappa shape index (κ1) is 23.2. The molecule has 0 aliphatic carbocycles. The van der Waals surface area contributed by atoms with Crippen molar-refractivity contribution < 1.29 is 23.9 Å². The molecule has 0 bridgehead atoms. The smallest absolute Gasteiger partial charge is 0.302 e. The van der Waals surface area contributed by atoms with Crippen LogP contribution in [0.25, 0.3) is 0 Å². The van der Waals surface area contributed by atoms with E-state index in [1.165, 1.54) is 6.92 Å². The van der Waals surface area contributed by atoms with Gasteiger partial charge in [-0.2, -0.15) is 5.10 Å². The number of hydrogen-bond donors (Lipinski definition) is 0. The summed E-state index contributed by atoms with van der Waals surface area (Å²) in [5, 5.41) is 4.41. The van der Waals surface area contributed by atoms with Crippen molar-refractivity contribution in [3.8, 4) is 0 Å². The van der Waals surface area contributed by atoms with E-state index in [2.05, 4.69) is 5.10 Å². The molecule has 0 unspecified atom stereocenters. The minimum absolute atomic E-state index is 0.0692. The second kappa shape index (κ2) is 10.3. The van der Waals surface area contributed by atoms with Gasteiger partial charge in [0.05, 0.1) is 25.5 Å². The maximum Gasteiger partial charge on any atom is 0.302 e. The molecule has 9 heteroatoms. The summed E-state index contributed by atoms with van der Waals surface area (Å²) in [6.45, 7) is 9.52. The molecule has 2 fully saturated rings. The molecule has 1 aromatic rings. The van der Waals surface area contributed by atoms with Crippen LogP contribution >= 0.6 is 0 Å². The lowest BCUT2D eigenvalue weighted by atomic mass is 9.75. The summed E-state index contributed by atoms with van der Waals surface area (Å²) in [7, 11) is 0. The van der Waals surface area contributed by atoms with Gasteiger partial charge in [-0.25, -0.2) is 0 Å². The molecule has 0 atom stereocenters. The van der Waals surface area contributed by atoms with E-state index in [1.807, 2.05) is 34.4 Å². The van der Waals surface area contributed by atoms with Crippen molar-refractivity contribution in [1.82, 2.24) is 19.6 Å². The van der Waals surface area contributed by atoms with Crippen molar-refractivity contribution in [3.63, 3.8) is 0 Å². The summed E-state index contributed by atoms with van der Waals surface area (Å²) in [4.78, 5) is 40.7. The molecule has 3 rings (SSSR count). The number of esters is 1. The molecule has 0 aromatic carbocycles. The van der Waals surface area contributed by atoms with E-state index in [9.17, 15) is 14.4 Å². The van der Waals surface area contributed by atoms with Crippen molar-refractivity contribution >= 4 is 17.8 Å². The van der Waals surface area contributed by atoms with Crippen molar-refractivity contribution in [2.45, 2.75) is 53.0 Å². The normalized spacial score (nSPS) is 18.7. The molecule has 9 nitrogen and oxygen atoms in total. The molecule has 0 N–H and O–H groups in total. The minimum Gasteiger partial charge on any atom is -0.465 e. The third-order valence-electron chi connectivity index (χ3n) is 6.29. The number of aromatic nitrogens is 2. The Bertz CT molecular complexity index is 792. The van der Waals surface area contributed by atoms with Crippen LogP contribution in [-0.2, 0) is 30.4 Å². The van der Waals surface area contributed by atoms with Crippen molar-refractivity contribution in [2.75, 3.05) is 46.0 Å². The molecule has 2 aliphatic rings. The van der Waals surface area contributed by atoms with Crippen LogP contribution in [0.4, 0.5) is 0 Å². The van der Waals surface area contributed by atoms with Crippen molar-refractivity contribution in [2.24, 2.45) is 5.41 Å². The topological polar surface area (TPSA) is 94.0 Å². The molecule has 2 saturated heterocycles. The minimum atomic E-state index is -0.423. The predicted octanol–water partition coefficient (Wildman–Crippen LogP) is 1.31. The van der Waals surface area contributed by atoms with E-state index in [0.717, 1.165) is 11.4 Å². The monoisotopic (exact) mass is 434 g/mol. The maximum absolute atomic E-state index is 12.9. The summed E-state index contributed by atoms with van der Waals surface area (Å²) in [5.74, 6) is -0.186. The lowest BCUT2D eigenvalue weighted by Crippen LogP contribution is -2.49. The van der Waals surface area contributed by atoms with Crippen LogP contribution in [-0.4, -0.2) is 83.4 Å². The molecule has 1 aromatic heterocycles. The molecule has 172 valence electrons. The summed E-state index contributed by atoms with van der Waals surface area (Å²) in [5.41, 5.74) is 1.57. The average molecular weight is 435 g/mol. The number of ether oxygens (including phenoxy) is 2. The molecule has 2 amide bonds. The number of hydrogen-bond acceptors (Lipinski definition) is 6. The highest BCUT2D eigenvalue weighted by Crippen LogP contribution is 2.36. The highest BCUT2D eigenvalue weighted by atomic mass is 16.5. The third kappa shape index (κ3) is 6.29. The lowest BCUT2D eigenvalue weighted by Gasteiger charge is -2.42. The number of piperidine rings is 1. The molecule has 3 heterocycles. The van der Waals surface area contributed by atoms with E-state index in [4.69, 9.17) is 9.47 Å². The zero-order chi connectivity index (χ0) is 22.4. The fourth-order valence-corrected chi connectivity index (χ4v) is 4.36. The quantitative estimate of drug-likeness (QED) is 0.601. The highest BCUT2D eigenvalue weighted by Gasteiger charge is 2.40. The Kier molecular flexibility index (Phi) is 7.69. The van der Waals surface area contributed by atoms with Gasteiger partial charge in [0, 0.05) is 63.6 Å². The van der Waals surface area contributed by atoms with E-state index in [-0.39, 0.29) is 24.4 Å². The Morgan fingerprint density at radius 1 is 1.06 bits per heavy atom. The predicted molar refractivity (Wildman–Crippen MR) is 113 cm³/mol. The van der Waals surface area contributed by atoms with Gasteiger partial charge < -0.3 is 19.3 Å². The van der Waals surface area contributed by atoms with Gasteiger partial charge in [0.2, 0.25) is 11.8 Å². The Labute approximate surface area is 183 Å². The summed E-state index contributed by atoms with van der Waals surface area (Å²) < 4.78 is 12.5. The summed E-state index contributed by atoms with van der Waals surface area (Å²) in [6.07, 6.45) is 2.00. The number of likely N-dealkylation sites (tertiary alicyclic amines) is 1. The Morgan fingerprint density at radius 2 is 1.71 bits per heavy atom. The van der Waals surface area contributed by atoms with Crippen molar-refractivity contribution in [1.29, 1.82) is 0 Å². The van der Waals surface area contributed by atoms with Crippen LogP contribution in [0.1, 0.15) is 44.0 Å². The van der Waals surface area contributed by atoms with Crippen LogP contribution in [0.2, 0.25) is 0 Å². The van der Waals surface area contributed by atoms with E-state index >= 15 is 0 Å². The number of amides is 2. The van der Waals surface area contributed by atoms with Gasteiger partial charge in [0.25, 0.3) is 0 Å². The highest BCUT2D eigenvalue weighted by molar-refractivity contribution is 5.78. The third-order valence-corrected chi connectivity index (χ3v) is 6.29. The summed E-state index contributed by atoms with van der Waals surface area (Å²) in [6, 6.07) is 2.00. The molecule has 0 spiro atoms. The SMILES string of the molecule is CC(=O)OCC1(CC(=O)N2CCOCC2)CCN(C(=O)CCn2nc(C)cc2C)CC1. The van der Waals surface area contributed by atoms with E-state index in [0.29, 0.717) is 71.6 Å². The van der Waals surface area contributed by atoms with Gasteiger partial charge in [0.15, 0.2) is 0 Å². The average Bonchev–Trinajstić information content (AvgIpc) is 3.08. The summed E-state index contributed by atoms with van der Waals surface area (Å²) >= 11 is 0. The Morgan fingerprint density at radius 3 is 2.29 bits per heavy atom. The number of morpholine rings is 1. The second-order valence-electron chi connectivity index (χ2n) is 8.73. The van der Waals surface area contributed by atoms with Crippen LogP contribution < -0.4 is 0 Å². The number of carbonyl (C=O) groups excluding carboxylic acids is 3. The lowest BCUT2D eigenvalue weighted by molar-refractivity contribution is -0.152.